The van der Waals surface area contributed by atoms with Crippen LogP contribution in [-0.2, 0) is 13.6 Å². The van der Waals surface area contributed by atoms with Gasteiger partial charge in [-0.15, -0.1) is 0 Å². The Labute approximate surface area is 172 Å². The lowest BCUT2D eigenvalue weighted by atomic mass is 10.1. The number of halogens is 1. The van der Waals surface area contributed by atoms with Gasteiger partial charge in [-0.1, -0.05) is 12.1 Å². The minimum Gasteiger partial charge on any atom is -0.486 e. The molecule has 2 N–H and O–H groups in total. The van der Waals surface area contributed by atoms with E-state index in [9.17, 15) is 4.39 Å². The maximum Gasteiger partial charge on any atom is 0.165 e. The van der Waals surface area contributed by atoms with E-state index in [1.54, 1.807) is 12.3 Å². The van der Waals surface area contributed by atoms with Gasteiger partial charge in [-0.2, -0.15) is 10.2 Å². The van der Waals surface area contributed by atoms with Gasteiger partial charge in [0.05, 0.1) is 35.0 Å². The molecule has 2 bridgehead atoms. The van der Waals surface area contributed by atoms with Crippen molar-refractivity contribution >= 4 is 23.1 Å². The molecular formula is C22H21FN6O. The number of ether oxygens (including phenoxy) is 1. The summed E-state index contributed by atoms with van der Waals surface area (Å²) in [7, 11) is 1.91. The molecule has 3 aromatic heterocycles. The predicted molar refractivity (Wildman–Crippen MR) is 113 cm³/mol. The van der Waals surface area contributed by atoms with E-state index in [0.717, 1.165) is 33.5 Å². The summed E-state index contributed by atoms with van der Waals surface area (Å²) in [6.45, 7) is 3.05. The number of aromatic amines is 1. The van der Waals surface area contributed by atoms with Crippen LogP contribution in [-0.4, -0.2) is 37.6 Å². The van der Waals surface area contributed by atoms with Crippen molar-refractivity contribution in [2.75, 3.05) is 6.54 Å². The number of benzene rings is 1. The summed E-state index contributed by atoms with van der Waals surface area (Å²) < 4.78 is 22.3. The van der Waals surface area contributed by atoms with Gasteiger partial charge in [-0.3, -0.25) is 14.8 Å². The van der Waals surface area contributed by atoms with Crippen LogP contribution in [0.2, 0.25) is 0 Å². The quantitative estimate of drug-likeness (QED) is 0.469. The van der Waals surface area contributed by atoms with Crippen molar-refractivity contribution in [2.45, 2.75) is 19.6 Å². The number of H-pyrrole nitrogens is 1. The summed E-state index contributed by atoms with van der Waals surface area (Å²) in [5.74, 6) is -0.151. The zero-order valence-electron chi connectivity index (χ0n) is 16.7. The number of hydrogen-bond donors (Lipinski definition) is 2. The molecule has 1 aliphatic rings. The molecule has 0 amide bonds. The molecule has 0 fully saturated rings. The fourth-order valence-electron chi connectivity index (χ4n) is 3.68. The molecule has 152 valence electrons. The molecule has 4 heterocycles. The van der Waals surface area contributed by atoms with Gasteiger partial charge in [-0.25, -0.2) is 4.39 Å². The summed E-state index contributed by atoms with van der Waals surface area (Å²) in [6, 6.07) is 6.92. The van der Waals surface area contributed by atoms with Crippen LogP contribution >= 0.6 is 0 Å². The summed E-state index contributed by atoms with van der Waals surface area (Å²) in [6.07, 6.45) is 7.05. The molecule has 4 aromatic rings. The molecule has 0 aliphatic carbocycles. The normalized spacial score (nSPS) is 17.6. The summed E-state index contributed by atoms with van der Waals surface area (Å²) in [5.41, 5.74) is 5.03. The number of para-hydroxylation sites is 1. The highest BCUT2D eigenvalue weighted by Gasteiger charge is 2.17. The van der Waals surface area contributed by atoms with Gasteiger partial charge < -0.3 is 10.1 Å². The average Bonchev–Trinajstić information content (AvgIpc) is 3.31. The molecule has 0 unspecified atom stereocenters. The maximum absolute atomic E-state index is 14.5. The van der Waals surface area contributed by atoms with E-state index < -0.39 is 0 Å². The van der Waals surface area contributed by atoms with Crippen LogP contribution in [0, 0.1) is 5.82 Å². The summed E-state index contributed by atoms with van der Waals surface area (Å²) in [5, 5.41) is 16.1. The van der Waals surface area contributed by atoms with Gasteiger partial charge in [0, 0.05) is 36.7 Å². The Bertz CT molecular complexity index is 1260. The lowest BCUT2D eigenvalue weighted by molar-refractivity contribution is 0.206. The van der Waals surface area contributed by atoms with Gasteiger partial charge >= 0.3 is 0 Å². The number of pyridine rings is 1. The van der Waals surface area contributed by atoms with Crippen molar-refractivity contribution in [1.82, 2.24) is 30.3 Å². The first-order chi connectivity index (χ1) is 14.6. The molecule has 1 atom stereocenters. The Hall–Kier alpha value is -3.52. The molecule has 8 heteroatoms. The number of fused-ring (bicyclic) bond motifs is 4. The van der Waals surface area contributed by atoms with Crippen molar-refractivity contribution in [1.29, 1.82) is 0 Å². The number of hydrogen-bond acceptors (Lipinski definition) is 5. The lowest BCUT2D eigenvalue weighted by Gasteiger charge is -2.18. The van der Waals surface area contributed by atoms with E-state index in [-0.39, 0.29) is 17.7 Å². The highest BCUT2D eigenvalue weighted by molar-refractivity contribution is 5.91. The van der Waals surface area contributed by atoms with E-state index in [4.69, 9.17) is 4.74 Å². The lowest BCUT2D eigenvalue weighted by Crippen LogP contribution is -2.29. The van der Waals surface area contributed by atoms with Crippen molar-refractivity contribution < 1.29 is 9.13 Å². The molecule has 0 saturated heterocycles. The van der Waals surface area contributed by atoms with E-state index in [1.807, 2.05) is 49.1 Å². The second-order valence-corrected chi connectivity index (χ2v) is 7.40. The Morgan fingerprint density at radius 3 is 3.03 bits per heavy atom. The fourth-order valence-corrected chi connectivity index (χ4v) is 3.68. The summed E-state index contributed by atoms with van der Waals surface area (Å²) >= 11 is 0. The van der Waals surface area contributed by atoms with E-state index in [2.05, 4.69) is 25.6 Å². The minimum absolute atomic E-state index is 0.230. The summed E-state index contributed by atoms with van der Waals surface area (Å²) in [4.78, 5) is 4.60. The second-order valence-electron chi connectivity index (χ2n) is 7.40. The first-order valence-electron chi connectivity index (χ1n) is 9.79. The maximum atomic E-state index is 14.5. The molecular weight excluding hydrogens is 383 g/mol. The third-order valence-corrected chi connectivity index (χ3v) is 5.28. The number of nitrogens with zero attached hydrogens (tertiary/aromatic N) is 4. The fraction of sp³-hybridized carbons (Fsp3) is 0.227. The smallest absolute Gasteiger partial charge is 0.165 e. The number of aromatic nitrogens is 5. The predicted octanol–water partition coefficient (Wildman–Crippen LogP) is 3.54. The molecule has 7 nitrogen and oxygen atoms in total. The van der Waals surface area contributed by atoms with Crippen LogP contribution in [0.25, 0.3) is 34.3 Å². The van der Waals surface area contributed by atoms with Crippen LogP contribution in [0.1, 0.15) is 23.9 Å². The molecule has 5 rings (SSSR count). The molecule has 0 saturated carbocycles. The van der Waals surface area contributed by atoms with Crippen LogP contribution in [0.4, 0.5) is 4.39 Å². The zero-order valence-corrected chi connectivity index (χ0v) is 16.7. The van der Waals surface area contributed by atoms with Crippen molar-refractivity contribution in [3.8, 4) is 17.0 Å². The van der Waals surface area contributed by atoms with E-state index >= 15 is 0 Å². The molecule has 1 aromatic carbocycles. The Morgan fingerprint density at radius 1 is 1.23 bits per heavy atom. The van der Waals surface area contributed by atoms with Gasteiger partial charge in [-0.05, 0) is 31.2 Å². The molecule has 0 spiro atoms. The molecule has 1 aliphatic heterocycles. The van der Waals surface area contributed by atoms with Crippen molar-refractivity contribution in [3.63, 3.8) is 0 Å². The SMILES string of the molecule is C[C@@H]1CNCc2c(cnn2C)-c2cc3c(n[nH]c3cn2)/C=C/c2cccc(F)c2O1. The van der Waals surface area contributed by atoms with Crippen LogP contribution in [0.15, 0.2) is 36.7 Å². The monoisotopic (exact) mass is 404 g/mol. The van der Waals surface area contributed by atoms with Gasteiger partial charge in [0.15, 0.2) is 11.6 Å². The van der Waals surface area contributed by atoms with E-state index in [0.29, 0.717) is 18.7 Å². The van der Waals surface area contributed by atoms with Crippen LogP contribution < -0.4 is 10.1 Å². The zero-order chi connectivity index (χ0) is 20.7. The standard InChI is InChI=1S/C22H21FN6O/c1-13-9-24-12-21-16(10-26-29(21)2)19-8-15-18(27-28-20(15)11-25-19)7-6-14-4-3-5-17(23)22(14)30-13/h3-8,10-11,13,24H,9,12H2,1-2H3,(H,27,28)/b7-6+/t13-/m1/s1. The minimum atomic E-state index is -0.388. The van der Waals surface area contributed by atoms with Crippen molar-refractivity contribution in [2.24, 2.45) is 7.05 Å². The second kappa shape index (κ2) is 7.38. The first kappa shape index (κ1) is 18.5. The number of rotatable bonds is 0. The first-order valence-corrected chi connectivity index (χ1v) is 9.79. The third kappa shape index (κ3) is 3.25. The van der Waals surface area contributed by atoms with Gasteiger partial charge in [0.2, 0.25) is 0 Å². The van der Waals surface area contributed by atoms with E-state index in [1.165, 1.54) is 6.07 Å². The molecule has 0 radical (unpaired) electrons. The third-order valence-electron chi connectivity index (χ3n) is 5.28. The van der Waals surface area contributed by atoms with Crippen molar-refractivity contribution in [3.05, 3.63) is 59.4 Å². The number of nitrogens with one attached hydrogen (secondary N) is 2. The number of aryl methyl sites for hydroxylation is 1. The average molecular weight is 404 g/mol. The topological polar surface area (TPSA) is 80.7 Å². The Kier molecular flexibility index (Phi) is 4.55. The Morgan fingerprint density at radius 2 is 2.13 bits per heavy atom. The van der Waals surface area contributed by atoms with Crippen LogP contribution in [0.5, 0.6) is 5.75 Å². The largest absolute Gasteiger partial charge is 0.486 e. The van der Waals surface area contributed by atoms with Gasteiger partial charge in [0.25, 0.3) is 0 Å². The highest BCUT2D eigenvalue weighted by Crippen LogP contribution is 2.29. The molecule has 30 heavy (non-hydrogen) atoms. The van der Waals surface area contributed by atoms with Crippen LogP contribution in [0.3, 0.4) is 0 Å². The Balaban J connectivity index is 1.67. The van der Waals surface area contributed by atoms with Gasteiger partial charge in [0.1, 0.15) is 6.10 Å². The highest BCUT2D eigenvalue weighted by atomic mass is 19.1.